The molecule has 130 valence electrons. The van der Waals surface area contributed by atoms with E-state index in [2.05, 4.69) is 0 Å². The number of nitrogens with zero attached hydrogens (tertiary/aromatic N) is 2. The SMILES string of the molecule is O=C(COc1ccc([N+](=O)[O-])c(F)c1)N1CCO[C@@H]2CCCC[C@H]21. The first-order valence-electron chi connectivity index (χ1n) is 8.04. The molecule has 7 nitrogen and oxygen atoms in total. The van der Waals surface area contributed by atoms with Crippen LogP contribution in [0.4, 0.5) is 10.1 Å². The first kappa shape index (κ1) is 16.6. The average molecular weight is 338 g/mol. The van der Waals surface area contributed by atoms with Crippen molar-refractivity contribution in [3.63, 3.8) is 0 Å². The minimum absolute atomic E-state index is 0.0807. The van der Waals surface area contributed by atoms with E-state index in [1.807, 2.05) is 0 Å². The number of amides is 1. The predicted octanol–water partition coefficient (Wildman–Crippen LogP) is 2.28. The lowest BCUT2D eigenvalue weighted by atomic mass is 9.90. The van der Waals surface area contributed by atoms with Crippen LogP contribution in [0.3, 0.4) is 0 Å². The van der Waals surface area contributed by atoms with E-state index in [9.17, 15) is 19.3 Å². The van der Waals surface area contributed by atoms with Gasteiger partial charge in [0.15, 0.2) is 6.61 Å². The molecule has 8 heteroatoms. The molecule has 1 aliphatic carbocycles. The van der Waals surface area contributed by atoms with Gasteiger partial charge in [-0.2, -0.15) is 4.39 Å². The highest BCUT2D eigenvalue weighted by Crippen LogP contribution is 2.28. The number of ether oxygens (including phenoxy) is 2. The molecule has 3 rings (SSSR count). The van der Waals surface area contributed by atoms with Gasteiger partial charge in [-0.05, 0) is 18.9 Å². The fourth-order valence-electron chi connectivity index (χ4n) is 3.36. The molecule has 2 fully saturated rings. The van der Waals surface area contributed by atoms with Crippen LogP contribution in [0.1, 0.15) is 25.7 Å². The Bertz CT molecular complexity index is 637. The van der Waals surface area contributed by atoms with Crippen molar-refractivity contribution in [3.8, 4) is 5.75 Å². The van der Waals surface area contributed by atoms with Crippen molar-refractivity contribution in [1.29, 1.82) is 0 Å². The standard InChI is InChI=1S/C16H19FN2O5/c17-12-9-11(5-6-13(12)19(21)22)24-10-16(20)18-7-8-23-15-4-2-1-3-14(15)18/h5-6,9,14-15H,1-4,7-8,10H2/t14-,15-/m1/s1. The van der Waals surface area contributed by atoms with Gasteiger partial charge in [0, 0.05) is 18.7 Å². The Kier molecular flexibility index (Phi) is 4.94. The normalized spacial score (nSPS) is 23.5. The fraction of sp³-hybridized carbons (Fsp3) is 0.562. The van der Waals surface area contributed by atoms with Crippen molar-refractivity contribution in [3.05, 3.63) is 34.1 Å². The predicted molar refractivity (Wildman–Crippen MR) is 82.3 cm³/mol. The van der Waals surface area contributed by atoms with Crippen LogP contribution in [-0.4, -0.2) is 47.6 Å². The Morgan fingerprint density at radius 1 is 1.42 bits per heavy atom. The molecule has 1 aromatic rings. The van der Waals surface area contributed by atoms with Gasteiger partial charge in [-0.3, -0.25) is 14.9 Å². The summed E-state index contributed by atoms with van der Waals surface area (Å²) in [5, 5.41) is 10.6. The van der Waals surface area contributed by atoms with Gasteiger partial charge in [0.05, 0.1) is 23.7 Å². The summed E-state index contributed by atoms with van der Waals surface area (Å²) in [6.45, 7) is 0.817. The summed E-state index contributed by atoms with van der Waals surface area (Å²) in [6.07, 6.45) is 4.16. The van der Waals surface area contributed by atoms with Crippen LogP contribution in [-0.2, 0) is 9.53 Å². The van der Waals surface area contributed by atoms with Crippen LogP contribution in [0.25, 0.3) is 0 Å². The highest BCUT2D eigenvalue weighted by molar-refractivity contribution is 5.78. The van der Waals surface area contributed by atoms with Gasteiger partial charge in [0.25, 0.3) is 5.91 Å². The average Bonchev–Trinajstić information content (AvgIpc) is 2.59. The van der Waals surface area contributed by atoms with Crippen molar-refractivity contribution in [2.24, 2.45) is 0 Å². The maximum atomic E-state index is 13.6. The van der Waals surface area contributed by atoms with E-state index < -0.39 is 16.4 Å². The Hall–Kier alpha value is -2.22. The number of hydrogen-bond acceptors (Lipinski definition) is 5. The topological polar surface area (TPSA) is 81.9 Å². The number of morpholine rings is 1. The van der Waals surface area contributed by atoms with Gasteiger partial charge >= 0.3 is 5.69 Å². The van der Waals surface area contributed by atoms with Crippen molar-refractivity contribution in [1.82, 2.24) is 4.90 Å². The quantitative estimate of drug-likeness (QED) is 0.621. The Morgan fingerprint density at radius 3 is 2.96 bits per heavy atom. The van der Waals surface area contributed by atoms with Crippen LogP contribution in [0.5, 0.6) is 5.75 Å². The van der Waals surface area contributed by atoms with Crippen LogP contribution >= 0.6 is 0 Å². The second-order valence-electron chi connectivity index (χ2n) is 6.01. The third kappa shape index (κ3) is 3.48. The molecule has 1 heterocycles. The molecular weight excluding hydrogens is 319 g/mol. The summed E-state index contributed by atoms with van der Waals surface area (Å²) in [5.41, 5.74) is -0.619. The molecule has 24 heavy (non-hydrogen) atoms. The molecule has 0 spiro atoms. The van der Waals surface area contributed by atoms with E-state index in [-0.39, 0.29) is 30.4 Å². The van der Waals surface area contributed by atoms with Crippen molar-refractivity contribution < 1.29 is 23.6 Å². The number of nitro benzene ring substituents is 1. The largest absolute Gasteiger partial charge is 0.484 e. The summed E-state index contributed by atoms with van der Waals surface area (Å²) in [6, 6.07) is 3.32. The fourth-order valence-corrected chi connectivity index (χ4v) is 3.36. The minimum atomic E-state index is -0.983. The number of fused-ring (bicyclic) bond motifs is 1. The number of nitro groups is 1. The van der Waals surface area contributed by atoms with E-state index in [1.54, 1.807) is 4.90 Å². The van der Waals surface area contributed by atoms with E-state index in [0.29, 0.717) is 13.2 Å². The molecule has 0 unspecified atom stereocenters. The van der Waals surface area contributed by atoms with Crippen LogP contribution in [0.15, 0.2) is 18.2 Å². The lowest BCUT2D eigenvalue weighted by Crippen LogP contribution is -2.55. The van der Waals surface area contributed by atoms with Crippen LogP contribution in [0.2, 0.25) is 0 Å². The zero-order valence-electron chi connectivity index (χ0n) is 13.2. The zero-order valence-corrected chi connectivity index (χ0v) is 13.2. The first-order valence-corrected chi connectivity index (χ1v) is 8.04. The van der Waals surface area contributed by atoms with E-state index in [1.165, 1.54) is 6.07 Å². The Morgan fingerprint density at radius 2 is 2.21 bits per heavy atom. The lowest BCUT2D eigenvalue weighted by Gasteiger charge is -2.43. The van der Waals surface area contributed by atoms with Gasteiger partial charge in [-0.15, -0.1) is 0 Å². The van der Waals surface area contributed by atoms with Gasteiger partial charge in [-0.25, -0.2) is 0 Å². The molecule has 0 radical (unpaired) electrons. The molecule has 2 aliphatic rings. The minimum Gasteiger partial charge on any atom is -0.484 e. The van der Waals surface area contributed by atoms with Crippen LogP contribution < -0.4 is 4.74 Å². The number of benzene rings is 1. The Labute approximate surface area is 138 Å². The van der Waals surface area contributed by atoms with E-state index in [4.69, 9.17) is 9.47 Å². The summed E-state index contributed by atoms with van der Waals surface area (Å²) in [4.78, 5) is 24.0. The second kappa shape index (κ2) is 7.12. The van der Waals surface area contributed by atoms with Crippen LogP contribution in [0, 0.1) is 15.9 Å². The molecule has 2 atom stereocenters. The summed E-state index contributed by atoms with van der Waals surface area (Å²) < 4.78 is 24.6. The van der Waals surface area contributed by atoms with E-state index >= 15 is 0 Å². The van der Waals surface area contributed by atoms with Crippen molar-refractivity contribution >= 4 is 11.6 Å². The zero-order chi connectivity index (χ0) is 17.1. The maximum Gasteiger partial charge on any atom is 0.305 e. The number of carbonyl (C=O) groups excluding carboxylic acids is 1. The van der Waals surface area contributed by atoms with E-state index in [0.717, 1.165) is 37.8 Å². The molecular formula is C16H19FN2O5. The summed E-state index contributed by atoms with van der Waals surface area (Å²) in [5.74, 6) is -1.06. The van der Waals surface area contributed by atoms with Gasteiger partial charge < -0.3 is 14.4 Å². The molecule has 0 bridgehead atoms. The molecule has 1 aromatic carbocycles. The lowest BCUT2D eigenvalue weighted by molar-refractivity contribution is -0.387. The van der Waals surface area contributed by atoms with Gasteiger partial charge in [-0.1, -0.05) is 12.8 Å². The molecule has 1 saturated carbocycles. The van der Waals surface area contributed by atoms with Crippen molar-refractivity contribution in [2.75, 3.05) is 19.8 Å². The third-order valence-corrected chi connectivity index (χ3v) is 4.53. The monoisotopic (exact) mass is 338 g/mol. The Balaban J connectivity index is 1.60. The van der Waals surface area contributed by atoms with Gasteiger partial charge in [0.1, 0.15) is 5.75 Å². The molecule has 1 amide bonds. The second-order valence-corrected chi connectivity index (χ2v) is 6.01. The van der Waals surface area contributed by atoms with Gasteiger partial charge in [0.2, 0.25) is 5.82 Å². The molecule has 1 aliphatic heterocycles. The number of hydrogen-bond donors (Lipinski definition) is 0. The molecule has 1 saturated heterocycles. The number of carbonyl (C=O) groups is 1. The number of halogens is 1. The summed E-state index contributed by atoms with van der Waals surface area (Å²) in [7, 11) is 0. The number of rotatable bonds is 4. The third-order valence-electron chi connectivity index (χ3n) is 4.53. The smallest absolute Gasteiger partial charge is 0.305 e. The van der Waals surface area contributed by atoms with Crippen molar-refractivity contribution in [2.45, 2.75) is 37.8 Å². The molecule has 0 N–H and O–H groups in total. The highest BCUT2D eigenvalue weighted by atomic mass is 19.1. The molecule has 0 aromatic heterocycles. The first-order chi connectivity index (χ1) is 11.6. The summed E-state index contributed by atoms with van der Waals surface area (Å²) >= 11 is 0. The highest BCUT2D eigenvalue weighted by Gasteiger charge is 2.36. The maximum absolute atomic E-state index is 13.6.